The van der Waals surface area contributed by atoms with Gasteiger partial charge in [-0.15, -0.1) is 23.1 Å². The van der Waals surface area contributed by atoms with Crippen molar-refractivity contribution in [3.05, 3.63) is 70.6 Å². The number of ether oxygens (including phenoxy) is 2. The molecule has 3 aromatic rings. The zero-order valence-electron chi connectivity index (χ0n) is 20.0. The van der Waals surface area contributed by atoms with Crippen LogP contribution in [0.15, 0.2) is 59.5 Å². The summed E-state index contributed by atoms with van der Waals surface area (Å²) in [6.07, 6.45) is 5.00. The van der Waals surface area contributed by atoms with Crippen molar-refractivity contribution in [2.75, 3.05) is 30.1 Å². The number of para-hydroxylation sites is 1. The number of methoxy groups -OCH3 is 1. The molecule has 4 rings (SSSR count). The Kier molecular flexibility index (Phi) is 9.02. The van der Waals surface area contributed by atoms with E-state index in [4.69, 9.17) is 9.47 Å². The zero-order chi connectivity index (χ0) is 25.3. The molecule has 0 fully saturated rings. The standard InChI is InChI=1S/C27H28N2O5S2/c1-33-27(32)25-21-13-6-3-7-14-22(21)36-26(25)29-24(31)17-35-20-12-8-9-18(15-20)28-23(30)16-34-19-10-4-2-5-11-19/h2,4-5,8-12,15H,3,6-7,13-14,16-17H2,1H3,(H,28,30)(H,29,31). The van der Waals surface area contributed by atoms with Gasteiger partial charge in [-0.3, -0.25) is 9.59 Å². The number of hydrogen-bond acceptors (Lipinski definition) is 7. The number of anilines is 2. The SMILES string of the molecule is COC(=O)c1c(NC(=O)CSc2cccc(NC(=O)COc3ccccc3)c2)sc2c1CCCCC2. The number of thioether (sulfide) groups is 1. The number of fused-ring (bicyclic) bond motifs is 1. The van der Waals surface area contributed by atoms with E-state index in [1.54, 1.807) is 18.2 Å². The van der Waals surface area contributed by atoms with Crippen molar-refractivity contribution in [1.29, 1.82) is 0 Å². The Morgan fingerprint density at radius 2 is 1.75 bits per heavy atom. The molecule has 0 radical (unpaired) electrons. The van der Waals surface area contributed by atoms with Crippen molar-refractivity contribution in [3.8, 4) is 5.75 Å². The third-order valence-corrected chi connectivity index (χ3v) is 7.87. The molecular formula is C27H28N2O5S2. The number of nitrogens with one attached hydrogen (secondary N) is 2. The second-order valence-electron chi connectivity index (χ2n) is 8.27. The average molecular weight is 525 g/mol. The van der Waals surface area contributed by atoms with E-state index in [1.807, 2.05) is 36.4 Å². The molecule has 36 heavy (non-hydrogen) atoms. The molecule has 0 unspecified atom stereocenters. The van der Waals surface area contributed by atoms with Gasteiger partial charge < -0.3 is 20.1 Å². The van der Waals surface area contributed by atoms with Crippen molar-refractivity contribution >= 4 is 51.6 Å². The van der Waals surface area contributed by atoms with Gasteiger partial charge in [-0.05, 0) is 61.6 Å². The second-order valence-corrected chi connectivity index (χ2v) is 10.4. The van der Waals surface area contributed by atoms with E-state index < -0.39 is 5.97 Å². The lowest BCUT2D eigenvalue weighted by molar-refractivity contribution is -0.118. The highest BCUT2D eigenvalue weighted by Gasteiger charge is 2.26. The molecule has 2 N–H and O–H groups in total. The monoisotopic (exact) mass is 524 g/mol. The van der Waals surface area contributed by atoms with Crippen LogP contribution < -0.4 is 15.4 Å². The summed E-state index contributed by atoms with van der Waals surface area (Å²) in [6.45, 7) is -0.100. The number of amides is 2. The van der Waals surface area contributed by atoms with Gasteiger partial charge in [0, 0.05) is 15.5 Å². The summed E-state index contributed by atoms with van der Waals surface area (Å²) < 4.78 is 10.5. The highest BCUT2D eigenvalue weighted by Crippen LogP contribution is 2.38. The Morgan fingerprint density at radius 3 is 2.56 bits per heavy atom. The molecular weight excluding hydrogens is 496 g/mol. The van der Waals surface area contributed by atoms with Crippen LogP contribution in [0.3, 0.4) is 0 Å². The fraction of sp³-hybridized carbons (Fsp3) is 0.296. The summed E-state index contributed by atoms with van der Waals surface area (Å²) in [4.78, 5) is 39.5. The van der Waals surface area contributed by atoms with E-state index in [2.05, 4.69) is 10.6 Å². The van der Waals surface area contributed by atoms with Crippen LogP contribution in [0.25, 0.3) is 0 Å². The molecule has 2 amide bonds. The topological polar surface area (TPSA) is 93.7 Å². The maximum atomic E-state index is 12.7. The van der Waals surface area contributed by atoms with Gasteiger partial charge in [-0.2, -0.15) is 0 Å². The van der Waals surface area contributed by atoms with E-state index >= 15 is 0 Å². The zero-order valence-corrected chi connectivity index (χ0v) is 21.6. The van der Waals surface area contributed by atoms with E-state index in [-0.39, 0.29) is 24.2 Å². The van der Waals surface area contributed by atoms with Crippen LogP contribution in [-0.2, 0) is 27.2 Å². The summed E-state index contributed by atoms with van der Waals surface area (Å²) in [6, 6.07) is 16.4. The highest BCUT2D eigenvalue weighted by atomic mass is 32.2. The van der Waals surface area contributed by atoms with Gasteiger partial charge in [-0.1, -0.05) is 30.7 Å². The van der Waals surface area contributed by atoms with Gasteiger partial charge in [0.05, 0.1) is 18.4 Å². The highest BCUT2D eigenvalue weighted by molar-refractivity contribution is 8.00. The largest absolute Gasteiger partial charge is 0.484 e. The number of carbonyl (C=O) groups excluding carboxylic acids is 3. The van der Waals surface area contributed by atoms with Gasteiger partial charge in [0.2, 0.25) is 5.91 Å². The predicted octanol–water partition coefficient (Wildman–Crippen LogP) is 5.55. The third-order valence-electron chi connectivity index (χ3n) is 5.66. The lowest BCUT2D eigenvalue weighted by Crippen LogP contribution is -2.20. The number of hydrogen-bond donors (Lipinski definition) is 2. The van der Waals surface area contributed by atoms with Crippen molar-refractivity contribution in [2.24, 2.45) is 0 Å². The summed E-state index contributed by atoms with van der Waals surface area (Å²) in [7, 11) is 1.37. The lowest BCUT2D eigenvalue weighted by Gasteiger charge is -2.09. The van der Waals surface area contributed by atoms with Gasteiger partial charge in [0.25, 0.3) is 5.91 Å². The fourth-order valence-electron chi connectivity index (χ4n) is 3.99. The number of rotatable bonds is 9. The molecule has 1 aliphatic rings. The molecule has 1 heterocycles. The lowest BCUT2D eigenvalue weighted by atomic mass is 10.1. The molecule has 0 saturated heterocycles. The molecule has 0 aliphatic heterocycles. The molecule has 1 aliphatic carbocycles. The first-order chi connectivity index (χ1) is 17.5. The van der Waals surface area contributed by atoms with E-state index in [9.17, 15) is 14.4 Å². The number of benzene rings is 2. The van der Waals surface area contributed by atoms with Crippen LogP contribution >= 0.6 is 23.1 Å². The number of aryl methyl sites for hydroxylation is 1. The Labute approximate surface area is 218 Å². The van der Waals surface area contributed by atoms with E-state index in [1.165, 1.54) is 30.2 Å². The summed E-state index contributed by atoms with van der Waals surface area (Å²) in [5.74, 6) is -0.0890. The maximum absolute atomic E-state index is 12.7. The molecule has 2 aromatic carbocycles. The summed E-state index contributed by atoms with van der Waals surface area (Å²) in [5, 5.41) is 6.30. The molecule has 0 atom stereocenters. The second kappa shape index (κ2) is 12.6. The Hall–Kier alpha value is -3.30. The first-order valence-corrected chi connectivity index (χ1v) is 13.6. The minimum atomic E-state index is -0.406. The minimum absolute atomic E-state index is 0.100. The summed E-state index contributed by atoms with van der Waals surface area (Å²) in [5.41, 5.74) is 2.14. The van der Waals surface area contributed by atoms with Crippen LogP contribution in [0.2, 0.25) is 0 Å². The van der Waals surface area contributed by atoms with Gasteiger partial charge in [0.1, 0.15) is 10.8 Å². The number of carbonyl (C=O) groups is 3. The Bertz CT molecular complexity index is 1230. The smallest absolute Gasteiger partial charge is 0.341 e. The van der Waals surface area contributed by atoms with Crippen molar-refractivity contribution in [2.45, 2.75) is 37.0 Å². The molecule has 9 heteroatoms. The Balaban J connectivity index is 1.33. The third kappa shape index (κ3) is 6.89. The average Bonchev–Trinajstić information content (AvgIpc) is 3.06. The van der Waals surface area contributed by atoms with Gasteiger partial charge >= 0.3 is 5.97 Å². The maximum Gasteiger partial charge on any atom is 0.341 e. The molecule has 188 valence electrons. The summed E-state index contributed by atoms with van der Waals surface area (Å²) >= 11 is 2.83. The minimum Gasteiger partial charge on any atom is -0.484 e. The van der Waals surface area contributed by atoms with E-state index in [0.29, 0.717) is 22.0 Å². The van der Waals surface area contributed by atoms with Crippen molar-refractivity contribution in [3.63, 3.8) is 0 Å². The van der Waals surface area contributed by atoms with Crippen LogP contribution in [0.4, 0.5) is 10.7 Å². The number of esters is 1. The van der Waals surface area contributed by atoms with Crippen LogP contribution in [0.1, 0.15) is 40.1 Å². The fourth-order valence-corrected chi connectivity index (χ4v) is 6.04. The van der Waals surface area contributed by atoms with Crippen LogP contribution in [-0.4, -0.2) is 37.3 Å². The molecule has 0 spiro atoms. The quantitative estimate of drug-likeness (QED) is 0.217. The van der Waals surface area contributed by atoms with Crippen molar-refractivity contribution in [1.82, 2.24) is 0 Å². The normalized spacial score (nSPS) is 12.7. The number of thiophene rings is 1. The molecule has 0 bridgehead atoms. The van der Waals surface area contributed by atoms with Crippen LogP contribution in [0, 0.1) is 0 Å². The molecule has 7 nitrogen and oxygen atoms in total. The first-order valence-electron chi connectivity index (χ1n) is 11.8. The van der Waals surface area contributed by atoms with Gasteiger partial charge in [-0.25, -0.2) is 4.79 Å². The molecule has 0 saturated carbocycles. The Morgan fingerprint density at radius 1 is 0.944 bits per heavy atom. The van der Waals surface area contributed by atoms with E-state index in [0.717, 1.165) is 47.4 Å². The molecule has 1 aromatic heterocycles. The predicted molar refractivity (Wildman–Crippen MR) is 143 cm³/mol. The van der Waals surface area contributed by atoms with Crippen molar-refractivity contribution < 1.29 is 23.9 Å². The first kappa shape index (κ1) is 25.8. The van der Waals surface area contributed by atoms with Crippen LogP contribution in [0.5, 0.6) is 5.75 Å². The van der Waals surface area contributed by atoms with Gasteiger partial charge in [0.15, 0.2) is 6.61 Å².